The summed E-state index contributed by atoms with van der Waals surface area (Å²) in [6, 6.07) is 17.0. The molecule has 3 N–H and O–H groups in total. The van der Waals surface area contributed by atoms with E-state index in [4.69, 9.17) is 17.0 Å². The number of morpholine rings is 1. The van der Waals surface area contributed by atoms with Crippen LogP contribution in [0.15, 0.2) is 48.5 Å². The summed E-state index contributed by atoms with van der Waals surface area (Å²) >= 11 is 5.60. The zero-order valence-electron chi connectivity index (χ0n) is 15.5. The molecule has 26 heavy (non-hydrogen) atoms. The number of nitrogens with one attached hydrogen (secondary N) is 3. The van der Waals surface area contributed by atoms with Gasteiger partial charge in [0.25, 0.3) is 0 Å². The number of thiocarbonyl (C=S) groups is 1. The number of hydrogen-bond acceptors (Lipinski definition) is 2. The Bertz CT molecular complexity index is 729. The fourth-order valence-electron chi connectivity index (χ4n) is 3.24. The molecule has 4 nitrogen and oxygen atoms in total. The molecule has 2 aromatic rings. The van der Waals surface area contributed by atoms with Gasteiger partial charge in [0.15, 0.2) is 5.11 Å². The van der Waals surface area contributed by atoms with Gasteiger partial charge in [-0.1, -0.05) is 36.4 Å². The van der Waals surface area contributed by atoms with Crippen LogP contribution in [-0.4, -0.2) is 38.0 Å². The zero-order valence-corrected chi connectivity index (χ0v) is 16.4. The predicted molar refractivity (Wildman–Crippen MR) is 111 cm³/mol. The minimum Gasteiger partial charge on any atom is -0.370 e. The summed E-state index contributed by atoms with van der Waals surface area (Å²) in [5.41, 5.74) is 4.83. The third-order valence-electron chi connectivity index (χ3n) is 4.96. The SMILES string of the molecule is Cc1ccc(NC(=S)N[C@H](C[NH+]2CCOCC2)c2ccccc2)cc1C. The van der Waals surface area contributed by atoms with Crippen LogP contribution in [0.1, 0.15) is 22.7 Å². The number of rotatable bonds is 5. The molecule has 1 aliphatic heterocycles. The van der Waals surface area contributed by atoms with Crippen molar-refractivity contribution in [3.8, 4) is 0 Å². The molecule has 0 bridgehead atoms. The van der Waals surface area contributed by atoms with Crippen LogP contribution in [0.3, 0.4) is 0 Å². The highest BCUT2D eigenvalue weighted by Gasteiger charge is 2.22. The molecule has 0 spiro atoms. The van der Waals surface area contributed by atoms with Crippen LogP contribution >= 0.6 is 12.2 Å². The van der Waals surface area contributed by atoms with Crippen molar-refractivity contribution in [2.75, 3.05) is 38.2 Å². The molecule has 3 rings (SSSR count). The van der Waals surface area contributed by atoms with Crippen LogP contribution < -0.4 is 15.5 Å². The highest BCUT2D eigenvalue weighted by Crippen LogP contribution is 2.15. The van der Waals surface area contributed by atoms with Crippen molar-refractivity contribution >= 4 is 23.0 Å². The van der Waals surface area contributed by atoms with Gasteiger partial charge >= 0.3 is 0 Å². The number of ether oxygens (including phenoxy) is 1. The van der Waals surface area contributed by atoms with Gasteiger partial charge in [-0.15, -0.1) is 0 Å². The number of benzene rings is 2. The van der Waals surface area contributed by atoms with Crippen molar-refractivity contribution in [2.24, 2.45) is 0 Å². The second-order valence-electron chi connectivity index (χ2n) is 6.93. The lowest BCUT2D eigenvalue weighted by Crippen LogP contribution is -3.14. The van der Waals surface area contributed by atoms with Crippen molar-refractivity contribution in [3.63, 3.8) is 0 Å². The maximum Gasteiger partial charge on any atom is 0.171 e. The molecule has 1 fully saturated rings. The average molecular weight is 371 g/mol. The molecule has 0 aromatic heterocycles. The van der Waals surface area contributed by atoms with Crippen molar-refractivity contribution in [1.29, 1.82) is 0 Å². The second-order valence-corrected chi connectivity index (χ2v) is 7.34. The molecule has 0 radical (unpaired) electrons. The monoisotopic (exact) mass is 370 g/mol. The minimum atomic E-state index is 0.177. The summed E-state index contributed by atoms with van der Waals surface area (Å²) in [5.74, 6) is 0. The Morgan fingerprint density at radius 2 is 1.81 bits per heavy atom. The van der Waals surface area contributed by atoms with Gasteiger partial charge in [-0.3, -0.25) is 0 Å². The zero-order chi connectivity index (χ0) is 18.4. The van der Waals surface area contributed by atoms with Crippen LogP contribution in [0.4, 0.5) is 5.69 Å². The Balaban J connectivity index is 1.67. The first kappa shape index (κ1) is 18.8. The Labute approximate surface area is 161 Å². The van der Waals surface area contributed by atoms with E-state index in [2.05, 4.69) is 66.9 Å². The first-order chi connectivity index (χ1) is 12.6. The van der Waals surface area contributed by atoms with Crippen molar-refractivity contribution in [1.82, 2.24) is 5.32 Å². The van der Waals surface area contributed by atoms with Crippen LogP contribution in [0.2, 0.25) is 0 Å². The van der Waals surface area contributed by atoms with Gasteiger partial charge in [0.2, 0.25) is 0 Å². The summed E-state index contributed by atoms with van der Waals surface area (Å²) in [6.07, 6.45) is 0. The van der Waals surface area contributed by atoms with E-state index in [0.717, 1.165) is 38.5 Å². The summed E-state index contributed by atoms with van der Waals surface area (Å²) < 4.78 is 5.49. The van der Waals surface area contributed by atoms with Crippen LogP contribution in [0, 0.1) is 13.8 Å². The smallest absolute Gasteiger partial charge is 0.171 e. The fourth-order valence-corrected chi connectivity index (χ4v) is 3.50. The highest BCUT2D eigenvalue weighted by molar-refractivity contribution is 7.80. The van der Waals surface area contributed by atoms with Crippen molar-refractivity contribution in [3.05, 3.63) is 65.2 Å². The predicted octanol–water partition coefficient (Wildman–Crippen LogP) is 2.25. The van der Waals surface area contributed by atoms with E-state index >= 15 is 0 Å². The lowest BCUT2D eigenvalue weighted by molar-refractivity contribution is -0.909. The summed E-state index contributed by atoms with van der Waals surface area (Å²) in [7, 11) is 0. The fraction of sp³-hybridized carbons (Fsp3) is 0.381. The molecular weight excluding hydrogens is 342 g/mol. The van der Waals surface area contributed by atoms with E-state index in [1.54, 1.807) is 4.90 Å². The van der Waals surface area contributed by atoms with E-state index in [1.165, 1.54) is 16.7 Å². The van der Waals surface area contributed by atoms with Gasteiger partial charge in [0.05, 0.1) is 13.2 Å². The van der Waals surface area contributed by atoms with E-state index in [0.29, 0.717) is 5.11 Å². The Hall–Kier alpha value is -1.95. The number of hydrogen-bond donors (Lipinski definition) is 3. The van der Waals surface area contributed by atoms with E-state index in [9.17, 15) is 0 Å². The maximum absolute atomic E-state index is 5.60. The number of quaternary nitrogens is 1. The molecule has 5 heteroatoms. The molecule has 1 atom stereocenters. The molecule has 0 unspecified atom stereocenters. The molecule has 1 saturated heterocycles. The standard InChI is InChI=1S/C21H27N3OS/c1-16-8-9-19(14-17(16)2)22-21(26)23-20(18-6-4-3-5-7-18)15-24-10-12-25-13-11-24/h3-9,14,20H,10-13,15H2,1-2H3,(H2,22,23,26)/p+1/t20-/m1/s1. The molecule has 0 saturated carbocycles. The molecule has 1 heterocycles. The summed E-state index contributed by atoms with van der Waals surface area (Å²) in [5, 5.41) is 7.52. The van der Waals surface area contributed by atoms with Crippen molar-refractivity contribution in [2.45, 2.75) is 19.9 Å². The molecule has 138 valence electrons. The summed E-state index contributed by atoms with van der Waals surface area (Å²) in [4.78, 5) is 1.55. The molecule has 0 aliphatic carbocycles. The molecule has 0 amide bonds. The average Bonchev–Trinajstić information content (AvgIpc) is 2.66. The van der Waals surface area contributed by atoms with Crippen LogP contribution in [0.5, 0.6) is 0 Å². The van der Waals surface area contributed by atoms with Gasteiger partial charge in [0, 0.05) is 5.69 Å². The number of aryl methyl sites for hydroxylation is 2. The van der Waals surface area contributed by atoms with Gasteiger partial charge in [-0.2, -0.15) is 0 Å². The van der Waals surface area contributed by atoms with Gasteiger partial charge in [-0.05, 0) is 54.9 Å². The maximum atomic E-state index is 5.60. The van der Waals surface area contributed by atoms with Gasteiger partial charge < -0.3 is 20.3 Å². The van der Waals surface area contributed by atoms with Gasteiger partial charge in [-0.25, -0.2) is 0 Å². The normalized spacial score (nSPS) is 16.1. The quantitative estimate of drug-likeness (QED) is 0.706. The van der Waals surface area contributed by atoms with E-state index < -0.39 is 0 Å². The molecule has 2 aromatic carbocycles. The minimum absolute atomic E-state index is 0.177. The number of anilines is 1. The van der Waals surface area contributed by atoms with Crippen LogP contribution in [0.25, 0.3) is 0 Å². The Morgan fingerprint density at radius 1 is 1.08 bits per heavy atom. The second kappa shape index (κ2) is 9.12. The van der Waals surface area contributed by atoms with Crippen LogP contribution in [-0.2, 0) is 4.74 Å². The molecular formula is C21H28N3OS+. The lowest BCUT2D eigenvalue weighted by atomic mass is 10.1. The largest absolute Gasteiger partial charge is 0.370 e. The Kier molecular flexibility index (Phi) is 6.61. The summed E-state index contributed by atoms with van der Waals surface area (Å²) in [6.45, 7) is 8.98. The lowest BCUT2D eigenvalue weighted by Gasteiger charge is -2.29. The topological polar surface area (TPSA) is 37.7 Å². The van der Waals surface area contributed by atoms with E-state index in [1.807, 2.05) is 6.07 Å². The van der Waals surface area contributed by atoms with Crippen molar-refractivity contribution < 1.29 is 9.64 Å². The third-order valence-corrected chi connectivity index (χ3v) is 5.18. The highest BCUT2D eigenvalue weighted by atomic mass is 32.1. The Morgan fingerprint density at radius 3 is 2.50 bits per heavy atom. The van der Waals surface area contributed by atoms with Gasteiger partial charge in [0.1, 0.15) is 25.7 Å². The van der Waals surface area contributed by atoms with E-state index in [-0.39, 0.29) is 6.04 Å². The first-order valence-corrected chi connectivity index (χ1v) is 9.63. The molecule has 1 aliphatic rings. The third kappa shape index (κ3) is 5.27. The first-order valence-electron chi connectivity index (χ1n) is 9.23.